The highest BCUT2D eigenvalue weighted by Gasteiger charge is 2.19. The third-order valence-corrected chi connectivity index (χ3v) is 3.24. The second kappa shape index (κ2) is 6.10. The van der Waals surface area contributed by atoms with E-state index in [4.69, 9.17) is 4.74 Å². The molecule has 0 atom stereocenters. The smallest absolute Gasteiger partial charge is 0.136 e. The van der Waals surface area contributed by atoms with Crippen LogP contribution in [0.15, 0.2) is 6.07 Å². The molecule has 0 aliphatic carbocycles. The molecular formula is C14H21N3O2. The number of hydrogen-bond donors (Lipinski definition) is 0. The number of ether oxygens (including phenoxy) is 1. The number of piperidine rings is 1. The highest BCUT2D eigenvalue weighted by atomic mass is 16.5. The first kappa shape index (κ1) is 13.9. The van der Waals surface area contributed by atoms with E-state index in [1.165, 1.54) is 0 Å². The second-order valence-electron chi connectivity index (χ2n) is 5.19. The largest absolute Gasteiger partial charge is 0.378 e. The number of carbonyl (C=O) groups is 1. The van der Waals surface area contributed by atoms with Gasteiger partial charge in [0.25, 0.3) is 0 Å². The van der Waals surface area contributed by atoms with Gasteiger partial charge in [0.05, 0.1) is 12.3 Å². The van der Waals surface area contributed by atoms with E-state index < -0.39 is 0 Å². The van der Waals surface area contributed by atoms with Crippen LogP contribution in [-0.4, -0.2) is 36.0 Å². The van der Waals surface area contributed by atoms with E-state index in [0.717, 1.165) is 30.4 Å². The van der Waals surface area contributed by atoms with Gasteiger partial charge in [0, 0.05) is 45.0 Å². The standard InChI is InChI=1S/C14H21N3O2/c1-10(2)14-15-11(9-19-3)8-13(16-14)17-6-4-12(18)5-7-17/h8,10H,4-7,9H2,1-3H3. The molecule has 1 aliphatic rings. The first-order valence-electron chi connectivity index (χ1n) is 6.73. The Morgan fingerprint density at radius 1 is 1.32 bits per heavy atom. The minimum atomic E-state index is 0.280. The molecule has 0 saturated carbocycles. The number of hydrogen-bond acceptors (Lipinski definition) is 5. The molecular weight excluding hydrogens is 242 g/mol. The number of Topliss-reactive ketones (excluding diaryl/α,β-unsaturated/α-hetero) is 1. The molecule has 1 aliphatic heterocycles. The van der Waals surface area contributed by atoms with Crippen LogP contribution in [0.2, 0.25) is 0 Å². The number of rotatable bonds is 4. The molecule has 0 bridgehead atoms. The number of nitrogens with zero attached hydrogens (tertiary/aromatic N) is 3. The Labute approximate surface area is 114 Å². The van der Waals surface area contributed by atoms with Gasteiger partial charge in [0.2, 0.25) is 0 Å². The van der Waals surface area contributed by atoms with Gasteiger partial charge in [-0.2, -0.15) is 0 Å². The SMILES string of the molecule is COCc1cc(N2CCC(=O)CC2)nc(C(C)C)n1. The van der Waals surface area contributed by atoms with Crippen LogP contribution in [0, 0.1) is 0 Å². The molecule has 0 amide bonds. The molecule has 1 aromatic heterocycles. The summed E-state index contributed by atoms with van der Waals surface area (Å²) in [6.45, 7) is 6.15. The van der Waals surface area contributed by atoms with Crippen molar-refractivity contribution in [2.24, 2.45) is 0 Å². The highest BCUT2D eigenvalue weighted by Crippen LogP contribution is 2.20. The average Bonchev–Trinajstić information content (AvgIpc) is 2.39. The maximum Gasteiger partial charge on any atom is 0.136 e. The van der Waals surface area contributed by atoms with Gasteiger partial charge in [-0.15, -0.1) is 0 Å². The van der Waals surface area contributed by atoms with Gasteiger partial charge >= 0.3 is 0 Å². The number of anilines is 1. The van der Waals surface area contributed by atoms with E-state index in [-0.39, 0.29) is 5.92 Å². The Morgan fingerprint density at radius 2 is 2.00 bits per heavy atom. The molecule has 0 aromatic carbocycles. The van der Waals surface area contributed by atoms with E-state index in [0.29, 0.717) is 25.2 Å². The topological polar surface area (TPSA) is 55.3 Å². The van der Waals surface area contributed by atoms with Crippen molar-refractivity contribution in [3.63, 3.8) is 0 Å². The normalized spacial score (nSPS) is 16.2. The molecule has 1 aromatic rings. The number of methoxy groups -OCH3 is 1. The Balaban J connectivity index is 2.25. The maximum absolute atomic E-state index is 11.3. The minimum Gasteiger partial charge on any atom is -0.378 e. The van der Waals surface area contributed by atoms with Crippen LogP contribution < -0.4 is 4.90 Å². The van der Waals surface area contributed by atoms with Crippen molar-refractivity contribution in [2.75, 3.05) is 25.1 Å². The lowest BCUT2D eigenvalue weighted by atomic mass is 10.1. The lowest BCUT2D eigenvalue weighted by molar-refractivity contribution is -0.119. The summed E-state index contributed by atoms with van der Waals surface area (Å²) >= 11 is 0. The third-order valence-electron chi connectivity index (χ3n) is 3.24. The first-order chi connectivity index (χ1) is 9.10. The van der Waals surface area contributed by atoms with E-state index in [2.05, 4.69) is 28.7 Å². The molecule has 0 N–H and O–H groups in total. The zero-order chi connectivity index (χ0) is 13.8. The molecule has 2 heterocycles. The van der Waals surface area contributed by atoms with Crippen molar-refractivity contribution in [1.29, 1.82) is 0 Å². The van der Waals surface area contributed by atoms with Gasteiger partial charge in [0.15, 0.2) is 0 Å². The minimum absolute atomic E-state index is 0.280. The molecule has 104 valence electrons. The van der Waals surface area contributed by atoms with Crippen LogP contribution in [0.4, 0.5) is 5.82 Å². The summed E-state index contributed by atoms with van der Waals surface area (Å²) in [6.07, 6.45) is 1.22. The van der Waals surface area contributed by atoms with Crippen molar-refractivity contribution in [1.82, 2.24) is 9.97 Å². The maximum atomic E-state index is 11.3. The molecule has 19 heavy (non-hydrogen) atoms. The predicted molar refractivity (Wildman–Crippen MR) is 73.3 cm³/mol. The van der Waals surface area contributed by atoms with Gasteiger partial charge in [-0.3, -0.25) is 4.79 Å². The van der Waals surface area contributed by atoms with Crippen LogP contribution in [-0.2, 0) is 16.1 Å². The summed E-state index contributed by atoms with van der Waals surface area (Å²) in [5.41, 5.74) is 0.896. The Kier molecular flexibility index (Phi) is 4.47. The predicted octanol–water partition coefficient (Wildman–Crippen LogP) is 1.92. The van der Waals surface area contributed by atoms with Gasteiger partial charge in [-0.05, 0) is 0 Å². The number of carbonyl (C=O) groups excluding carboxylic acids is 1. The number of ketones is 1. The lowest BCUT2D eigenvalue weighted by Gasteiger charge is -2.27. The van der Waals surface area contributed by atoms with E-state index in [1.54, 1.807) is 7.11 Å². The second-order valence-corrected chi connectivity index (χ2v) is 5.19. The molecule has 0 unspecified atom stereocenters. The van der Waals surface area contributed by atoms with Crippen LogP contribution in [0.3, 0.4) is 0 Å². The monoisotopic (exact) mass is 263 g/mol. The van der Waals surface area contributed by atoms with E-state index in [9.17, 15) is 4.79 Å². The van der Waals surface area contributed by atoms with Crippen molar-refractivity contribution in [3.8, 4) is 0 Å². The van der Waals surface area contributed by atoms with Gasteiger partial charge in [0.1, 0.15) is 17.4 Å². The fraction of sp³-hybridized carbons (Fsp3) is 0.643. The molecule has 0 radical (unpaired) electrons. The van der Waals surface area contributed by atoms with Gasteiger partial charge in [-0.25, -0.2) is 9.97 Å². The van der Waals surface area contributed by atoms with Crippen LogP contribution in [0.25, 0.3) is 0 Å². The Morgan fingerprint density at radius 3 is 2.58 bits per heavy atom. The fourth-order valence-corrected chi connectivity index (χ4v) is 2.13. The molecule has 2 rings (SSSR count). The van der Waals surface area contributed by atoms with E-state index >= 15 is 0 Å². The van der Waals surface area contributed by atoms with Crippen molar-refractivity contribution in [2.45, 2.75) is 39.2 Å². The lowest BCUT2D eigenvalue weighted by Crippen LogP contribution is -2.34. The molecule has 0 spiro atoms. The fourth-order valence-electron chi connectivity index (χ4n) is 2.13. The van der Waals surface area contributed by atoms with Crippen molar-refractivity contribution in [3.05, 3.63) is 17.6 Å². The quantitative estimate of drug-likeness (QED) is 0.830. The summed E-state index contributed by atoms with van der Waals surface area (Å²) in [4.78, 5) is 22.6. The summed E-state index contributed by atoms with van der Waals surface area (Å²) < 4.78 is 5.16. The summed E-state index contributed by atoms with van der Waals surface area (Å²) in [6, 6.07) is 1.96. The third kappa shape index (κ3) is 3.50. The summed E-state index contributed by atoms with van der Waals surface area (Å²) in [5, 5.41) is 0. The zero-order valence-electron chi connectivity index (χ0n) is 11.8. The Bertz CT molecular complexity index is 450. The van der Waals surface area contributed by atoms with Crippen LogP contribution in [0.5, 0.6) is 0 Å². The number of aromatic nitrogens is 2. The highest BCUT2D eigenvalue weighted by molar-refractivity contribution is 5.80. The van der Waals surface area contributed by atoms with Gasteiger partial charge in [-0.1, -0.05) is 13.8 Å². The van der Waals surface area contributed by atoms with E-state index in [1.807, 2.05) is 6.07 Å². The van der Waals surface area contributed by atoms with Crippen LogP contribution >= 0.6 is 0 Å². The molecule has 1 saturated heterocycles. The molecule has 5 heteroatoms. The summed E-state index contributed by atoms with van der Waals surface area (Å²) in [7, 11) is 1.66. The zero-order valence-corrected chi connectivity index (χ0v) is 11.8. The van der Waals surface area contributed by atoms with Crippen LogP contribution in [0.1, 0.15) is 44.1 Å². The summed E-state index contributed by atoms with van der Waals surface area (Å²) in [5.74, 6) is 2.37. The molecule has 5 nitrogen and oxygen atoms in total. The van der Waals surface area contributed by atoms with Crippen molar-refractivity contribution >= 4 is 11.6 Å². The first-order valence-corrected chi connectivity index (χ1v) is 6.73. The van der Waals surface area contributed by atoms with Gasteiger partial charge < -0.3 is 9.64 Å². The Hall–Kier alpha value is -1.49. The van der Waals surface area contributed by atoms with Crippen molar-refractivity contribution < 1.29 is 9.53 Å². The average molecular weight is 263 g/mol. The molecule has 1 fully saturated rings.